The molecule has 0 bridgehead atoms. The number of pyridine rings is 1. The van der Waals surface area contributed by atoms with E-state index in [0.29, 0.717) is 18.4 Å². The van der Waals surface area contributed by atoms with E-state index in [4.69, 9.17) is 5.26 Å². The molecule has 0 aliphatic heterocycles. The van der Waals surface area contributed by atoms with Crippen molar-refractivity contribution in [2.75, 3.05) is 24.5 Å². The third kappa shape index (κ3) is 5.18. The number of nitriles is 1. The number of aromatic nitrogens is 1. The van der Waals surface area contributed by atoms with Crippen molar-refractivity contribution in [3.8, 4) is 6.07 Å². The lowest BCUT2D eigenvalue weighted by Gasteiger charge is -2.25. The molecule has 1 aromatic heterocycles. The lowest BCUT2D eigenvalue weighted by atomic mass is 10.1. The fourth-order valence-corrected chi connectivity index (χ4v) is 2.23. The van der Waals surface area contributed by atoms with E-state index in [1.165, 1.54) is 5.56 Å². The topological polar surface area (TPSA) is 52.0 Å². The molecule has 1 rings (SSSR count). The van der Waals surface area contributed by atoms with Crippen LogP contribution in [-0.2, 0) is 0 Å². The first-order valence-electron chi connectivity index (χ1n) is 7.39. The van der Waals surface area contributed by atoms with E-state index in [-0.39, 0.29) is 0 Å². The second kappa shape index (κ2) is 8.55. The van der Waals surface area contributed by atoms with E-state index < -0.39 is 0 Å². The van der Waals surface area contributed by atoms with Crippen molar-refractivity contribution < 1.29 is 0 Å². The maximum atomic E-state index is 8.80. The number of nitrogens with one attached hydrogen (secondary N) is 1. The number of anilines is 1. The van der Waals surface area contributed by atoms with Crippen molar-refractivity contribution in [3.63, 3.8) is 0 Å². The molecule has 4 nitrogen and oxygen atoms in total. The summed E-state index contributed by atoms with van der Waals surface area (Å²) in [6, 6.07) is 6.72. The van der Waals surface area contributed by atoms with Crippen molar-refractivity contribution in [3.05, 3.63) is 23.9 Å². The second-order valence-electron chi connectivity index (χ2n) is 5.47. The molecule has 1 unspecified atom stereocenters. The number of rotatable bonds is 8. The van der Waals surface area contributed by atoms with Crippen molar-refractivity contribution in [2.24, 2.45) is 5.92 Å². The standard InChI is InChI=1S/C16H26N4/c1-5-18-14(4)15-7-9-19-16(11-15)20(10-6-8-17)12-13(2)3/h7,9,11,13-14,18H,5-6,10,12H2,1-4H3. The van der Waals surface area contributed by atoms with Gasteiger partial charge in [0.2, 0.25) is 0 Å². The molecule has 0 saturated heterocycles. The summed E-state index contributed by atoms with van der Waals surface area (Å²) in [5.41, 5.74) is 1.24. The van der Waals surface area contributed by atoms with Crippen LogP contribution in [-0.4, -0.2) is 24.6 Å². The van der Waals surface area contributed by atoms with Gasteiger partial charge in [-0.25, -0.2) is 4.98 Å². The molecule has 1 aromatic rings. The zero-order valence-electron chi connectivity index (χ0n) is 13.1. The molecule has 0 amide bonds. The first-order chi connectivity index (χ1) is 9.58. The molecular formula is C16H26N4. The predicted octanol–water partition coefficient (Wildman–Crippen LogP) is 3.13. The van der Waals surface area contributed by atoms with Gasteiger partial charge in [-0.3, -0.25) is 0 Å². The average Bonchev–Trinajstić information content (AvgIpc) is 2.43. The highest BCUT2D eigenvalue weighted by Gasteiger charge is 2.12. The minimum Gasteiger partial charge on any atom is -0.355 e. The van der Waals surface area contributed by atoms with Gasteiger partial charge in [-0.05, 0) is 37.1 Å². The molecule has 0 aliphatic rings. The molecule has 110 valence electrons. The van der Waals surface area contributed by atoms with Crippen LogP contribution >= 0.6 is 0 Å². The Balaban J connectivity index is 2.89. The molecule has 1 atom stereocenters. The Morgan fingerprint density at radius 3 is 2.75 bits per heavy atom. The highest BCUT2D eigenvalue weighted by molar-refractivity contribution is 5.42. The van der Waals surface area contributed by atoms with E-state index in [9.17, 15) is 0 Å². The van der Waals surface area contributed by atoms with Crippen LogP contribution in [0.15, 0.2) is 18.3 Å². The van der Waals surface area contributed by atoms with Crippen LogP contribution in [0.3, 0.4) is 0 Å². The second-order valence-corrected chi connectivity index (χ2v) is 5.47. The summed E-state index contributed by atoms with van der Waals surface area (Å²) >= 11 is 0. The SMILES string of the molecule is CCNC(C)c1ccnc(N(CCC#N)CC(C)C)c1. The summed E-state index contributed by atoms with van der Waals surface area (Å²) in [5.74, 6) is 1.52. The van der Waals surface area contributed by atoms with Gasteiger partial charge >= 0.3 is 0 Å². The maximum Gasteiger partial charge on any atom is 0.128 e. The summed E-state index contributed by atoms with van der Waals surface area (Å²) < 4.78 is 0. The molecule has 0 radical (unpaired) electrons. The van der Waals surface area contributed by atoms with Crippen molar-refractivity contribution in [2.45, 2.75) is 40.2 Å². The molecule has 1 N–H and O–H groups in total. The zero-order chi connectivity index (χ0) is 15.0. The zero-order valence-corrected chi connectivity index (χ0v) is 13.1. The molecule has 0 fully saturated rings. The summed E-state index contributed by atoms with van der Waals surface area (Å²) in [4.78, 5) is 6.68. The molecular weight excluding hydrogens is 248 g/mol. The third-order valence-electron chi connectivity index (χ3n) is 3.18. The van der Waals surface area contributed by atoms with Gasteiger partial charge in [-0.2, -0.15) is 5.26 Å². The third-order valence-corrected chi connectivity index (χ3v) is 3.18. The van der Waals surface area contributed by atoms with Crippen LogP contribution in [0.25, 0.3) is 0 Å². The quantitative estimate of drug-likeness (QED) is 0.791. The van der Waals surface area contributed by atoms with E-state index in [1.54, 1.807) is 0 Å². The lowest BCUT2D eigenvalue weighted by Crippen LogP contribution is -2.29. The fourth-order valence-electron chi connectivity index (χ4n) is 2.23. The van der Waals surface area contributed by atoms with Crippen molar-refractivity contribution >= 4 is 5.82 Å². The molecule has 20 heavy (non-hydrogen) atoms. The Hall–Kier alpha value is -1.60. The van der Waals surface area contributed by atoms with Gasteiger partial charge < -0.3 is 10.2 Å². The Morgan fingerprint density at radius 2 is 2.15 bits per heavy atom. The molecule has 0 saturated carbocycles. The van der Waals surface area contributed by atoms with Crippen LogP contribution in [0.5, 0.6) is 0 Å². The van der Waals surface area contributed by atoms with Gasteiger partial charge in [0.05, 0.1) is 12.5 Å². The average molecular weight is 274 g/mol. The molecule has 0 spiro atoms. The number of hydrogen-bond donors (Lipinski definition) is 1. The van der Waals surface area contributed by atoms with Gasteiger partial charge in [0.15, 0.2) is 0 Å². The summed E-state index contributed by atoms with van der Waals surface area (Å²) in [7, 11) is 0. The van der Waals surface area contributed by atoms with Crippen LogP contribution in [0, 0.1) is 17.2 Å². The minimum atomic E-state index is 0.318. The van der Waals surface area contributed by atoms with Crippen molar-refractivity contribution in [1.29, 1.82) is 5.26 Å². The van der Waals surface area contributed by atoms with Crippen LogP contribution in [0.2, 0.25) is 0 Å². The summed E-state index contributed by atoms with van der Waals surface area (Å²) in [5, 5.41) is 12.2. The van der Waals surface area contributed by atoms with Crippen LogP contribution in [0.1, 0.15) is 45.7 Å². The van der Waals surface area contributed by atoms with Crippen LogP contribution < -0.4 is 10.2 Å². The van der Waals surface area contributed by atoms with Gasteiger partial charge in [0.1, 0.15) is 5.82 Å². The van der Waals surface area contributed by atoms with Crippen LogP contribution in [0.4, 0.5) is 5.82 Å². The van der Waals surface area contributed by atoms with E-state index in [1.807, 2.05) is 6.20 Å². The first-order valence-corrected chi connectivity index (χ1v) is 7.39. The molecule has 0 aromatic carbocycles. The Kier molecular flexibility index (Phi) is 7.03. The fraction of sp³-hybridized carbons (Fsp3) is 0.625. The normalized spacial score (nSPS) is 12.2. The van der Waals surface area contributed by atoms with Gasteiger partial charge in [-0.1, -0.05) is 20.8 Å². The lowest BCUT2D eigenvalue weighted by molar-refractivity contribution is 0.592. The highest BCUT2D eigenvalue weighted by atomic mass is 15.2. The Bertz CT molecular complexity index is 436. The van der Waals surface area contributed by atoms with E-state index in [0.717, 1.165) is 25.5 Å². The largest absolute Gasteiger partial charge is 0.355 e. The number of hydrogen-bond acceptors (Lipinski definition) is 4. The van der Waals surface area contributed by atoms with Crippen molar-refractivity contribution in [1.82, 2.24) is 10.3 Å². The van der Waals surface area contributed by atoms with Gasteiger partial charge in [-0.15, -0.1) is 0 Å². The van der Waals surface area contributed by atoms with Gasteiger partial charge in [0.25, 0.3) is 0 Å². The Labute approximate surface area is 122 Å². The van der Waals surface area contributed by atoms with E-state index >= 15 is 0 Å². The van der Waals surface area contributed by atoms with E-state index in [2.05, 4.69) is 61.1 Å². The molecule has 4 heteroatoms. The summed E-state index contributed by atoms with van der Waals surface area (Å²) in [6.07, 6.45) is 2.39. The molecule has 0 aliphatic carbocycles. The predicted molar refractivity (Wildman–Crippen MR) is 83.6 cm³/mol. The monoisotopic (exact) mass is 274 g/mol. The number of nitrogens with zero attached hydrogens (tertiary/aromatic N) is 3. The van der Waals surface area contributed by atoms with Gasteiger partial charge in [0, 0.05) is 25.3 Å². The highest BCUT2D eigenvalue weighted by Crippen LogP contribution is 2.19. The Morgan fingerprint density at radius 1 is 1.40 bits per heavy atom. The minimum absolute atomic E-state index is 0.318. The maximum absolute atomic E-state index is 8.80. The first kappa shape index (κ1) is 16.5. The summed E-state index contributed by atoms with van der Waals surface area (Å²) in [6.45, 7) is 11.2. The molecule has 1 heterocycles. The smallest absolute Gasteiger partial charge is 0.128 e.